The highest BCUT2D eigenvalue weighted by atomic mass is 15.2. The molecule has 4 heteroatoms. The van der Waals surface area contributed by atoms with Crippen LogP contribution in [0.1, 0.15) is 105 Å². The number of anilines is 3. The lowest BCUT2D eigenvalue weighted by atomic mass is 9.33. The third kappa shape index (κ3) is 5.93. The SMILES string of the molecule is CC(C)(C)c1ccc(N2c3ccc(C(C)(C)C)cc3B3c4c2cc(-n2c5ccc(C(C)(C)C)cc5c5cc(C(C)(C)C)ccc52)cc4-n2c4ccc5cccc6c5c4c4c(ccc3c42)-c2ccccc2-6)cc1. The molecule has 0 fully saturated rings. The van der Waals surface area contributed by atoms with E-state index >= 15 is 0 Å². The minimum atomic E-state index is -0.0437. The molecule has 352 valence electrons. The van der Waals surface area contributed by atoms with Crippen LogP contribution in [0.5, 0.6) is 0 Å². The Morgan fingerprint density at radius 1 is 0.347 bits per heavy atom. The summed E-state index contributed by atoms with van der Waals surface area (Å²) in [5.74, 6) is 0. The lowest BCUT2D eigenvalue weighted by Gasteiger charge is -2.41. The number of benzene rings is 9. The van der Waals surface area contributed by atoms with Crippen molar-refractivity contribution in [3.8, 4) is 33.6 Å². The van der Waals surface area contributed by atoms with Gasteiger partial charge in [-0.05, 0) is 154 Å². The first-order valence-electron chi connectivity index (χ1n) is 26.2. The van der Waals surface area contributed by atoms with E-state index in [-0.39, 0.29) is 28.4 Å². The standard InChI is InChI=1S/C68H62BN3/c1-65(2,3)40-21-26-44(27-22-40)70-56-33-25-43(68(10,11)12)36-53(56)69-52-29-28-49-47-18-14-13-17-46(47)48-19-15-16-39-20-30-57-62(60(39)48)61(49)64(52)72(57)59-38-45(37-58(70)63(59)69)71-54-31-23-41(66(4,5)6)34-50(54)51-35-42(67(7,8)9)24-32-55(51)71/h13-38H,1-12H3. The Balaban J connectivity index is 1.18. The Labute approximate surface area is 424 Å². The lowest BCUT2D eigenvalue weighted by molar-refractivity contribution is 0.590. The van der Waals surface area contributed by atoms with Gasteiger partial charge in [0.1, 0.15) is 0 Å². The Kier molecular flexibility index (Phi) is 8.59. The molecule has 0 saturated carbocycles. The van der Waals surface area contributed by atoms with Crippen molar-refractivity contribution < 1.29 is 0 Å². The van der Waals surface area contributed by atoms with E-state index in [0.717, 1.165) is 5.69 Å². The number of aromatic nitrogens is 2. The van der Waals surface area contributed by atoms with Crippen molar-refractivity contribution >= 4 is 94.5 Å². The number of nitrogens with zero attached hydrogens (tertiary/aromatic N) is 3. The van der Waals surface area contributed by atoms with Gasteiger partial charge in [-0.25, -0.2) is 0 Å². The van der Waals surface area contributed by atoms with Crippen molar-refractivity contribution in [1.29, 1.82) is 0 Å². The van der Waals surface area contributed by atoms with Crippen LogP contribution in [0.15, 0.2) is 158 Å². The summed E-state index contributed by atoms with van der Waals surface area (Å²) in [6.07, 6.45) is 0. The Hall–Kier alpha value is -7.30. The topological polar surface area (TPSA) is 13.1 Å². The second-order valence-electron chi connectivity index (χ2n) is 25.5. The maximum absolute atomic E-state index is 2.69. The first-order valence-corrected chi connectivity index (χ1v) is 26.2. The summed E-state index contributed by atoms with van der Waals surface area (Å²) in [4.78, 5) is 2.60. The van der Waals surface area contributed by atoms with Gasteiger partial charge in [-0.1, -0.05) is 180 Å². The van der Waals surface area contributed by atoms with E-state index in [1.807, 2.05) is 0 Å². The van der Waals surface area contributed by atoms with Crippen molar-refractivity contribution in [2.24, 2.45) is 0 Å². The Morgan fingerprint density at radius 3 is 1.51 bits per heavy atom. The molecule has 0 amide bonds. The fraction of sp³-hybridized carbons (Fsp3) is 0.235. The summed E-state index contributed by atoms with van der Waals surface area (Å²) >= 11 is 0. The monoisotopic (exact) mass is 932 g/mol. The summed E-state index contributed by atoms with van der Waals surface area (Å²) in [7, 11) is 0. The number of fused-ring (bicyclic) bond motifs is 11. The van der Waals surface area contributed by atoms with E-state index in [1.54, 1.807) is 0 Å². The second kappa shape index (κ2) is 14.2. The quantitative estimate of drug-likeness (QED) is 0.157. The van der Waals surface area contributed by atoms with E-state index < -0.39 is 0 Å². The van der Waals surface area contributed by atoms with Gasteiger partial charge in [0.2, 0.25) is 0 Å². The highest BCUT2D eigenvalue weighted by Gasteiger charge is 2.44. The zero-order valence-corrected chi connectivity index (χ0v) is 43.9. The van der Waals surface area contributed by atoms with Gasteiger partial charge in [0.25, 0.3) is 6.71 Å². The minimum Gasteiger partial charge on any atom is -0.311 e. The van der Waals surface area contributed by atoms with Crippen LogP contribution in [-0.4, -0.2) is 15.8 Å². The van der Waals surface area contributed by atoms with Gasteiger partial charge < -0.3 is 14.0 Å². The third-order valence-electron chi connectivity index (χ3n) is 16.8. The average Bonchev–Trinajstić information content (AvgIpc) is 3.83. The maximum atomic E-state index is 2.69. The lowest BCUT2D eigenvalue weighted by Crippen LogP contribution is -2.60. The van der Waals surface area contributed by atoms with E-state index in [1.165, 1.54) is 138 Å². The molecule has 2 aromatic heterocycles. The summed E-state index contributed by atoms with van der Waals surface area (Å²) in [5.41, 5.74) is 25.7. The van der Waals surface area contributed by atoms with Gasteiger partial charge in [0, 0.05) is 44.3 Å². The van der Waals surface area contributed by atoms with Crippen LogP contribution in [0.2, 0.25) is 0 Å². The molecule has 9 aromatic carbocycles. The van der Waals surface area contributed by atoms with Crippen molar-refractivity contribution in [3.63, 3.8) is 0 Å². The normalized spacial score (nSPS) is 14.1. The van der Waals surface area contributed by atoms with Crippen molar-refractivity contribution in [2.45, 2.75) is 105 Å². The molecule has 0 unspecified atom stereocenters. The van der Waals surface area contributed by atoms with Crippen LogP contribution in [0.4, 0.5) is 17.1 Å². The molecule has 3 nitrogen and oxygen atoms in total. The molecule has 1 aliphatic carbocycles. The Bertz CT molecular complexity index is 4120. The molecule has 0 N–H and O–H groups in total. The van der Waals surface area contributed by atoms with Gasteiger partial charge in [-0.15, -0.1) is 0 Å². The predicted molar refractivity (Wildman–Crippen MR) is 311 cm³/mol. The maximum Gasteiger partial charge on any atom is 0.252 e. The highest BCUT2D eigenvalue weighted by molar-refractivity contribution is 7.00. The molecule has 0 spiro atoms. The summed E-state index contributed by atoms with van der Waals surface area (Å²) < 4.78 is 5.27. The van der Waals surface area contributed by atoms with E-state index in [0.29, 0.717) is 0 Å². The molecule has 2 aliphatic heterocycles. The van der Waals surface area contributed by atoms with E-state index in [9.17, 15) is 0 Å². The first kappa shape index (κ1) is 43.5. The van der Waals surface area contributed by atoms with Gasteiger partial charge in [0.05, 0.1) is 27.8 Å². The van der Waals surface area contributed by atoms with Gasteiger partial charge in [-0.2, -0.15) is 0 Å². The molecule has 72 heavy (non-hydrogen) atoms. The predicted octanol–water partition coefficient (Wildman–Crippen LogP) is 16.5. The molecular weight excluding hydrogens is 870 g/mol. The minimum absolute atomic E-state index is 0.00122. The van der Waals surface area contributed by atoms with Crippen LogP contribution >= 0.6 is 0 Å². The molecule has 0 saturated heterocycles. The van der Waals surface area contributed by atoms with Crippen LogP contribution in [0, 0.1) is 0 Å². The van der Waals surface area contributed by atoms with E-state index in [2.05, 4.69) is 255 Å². The average molecular weight is 932 g/mol. The molecule has 0 atom stereocenters. The number of rotatable bonds is 2. The van der Waals surface area contributed by atoms with E-state index in [4.69, 9.17) is 0 Å². The summed E-state index contributed by atoms with van der Waals surface area (Å²) in [6, 6.07) is 62.2. The molecule has 14 rings (SSSR count). The van der Waals surface area contributed by atoms with Crippen LogP contribution in [0.25, 0.3) is 88.0 Å². The van der Waals surface area contributed by atoms with Crippen LogP contribution in [-0.2, 0) is 21.7 Å². The number of hydrogen-bond donors (Lipinski definition) is 0. The van der Waals surface area contributed by atoms with Crippen LogP contribution < -0.4 is 21.3 Å². The first-order chi connectivity index (χ1) is 34.3. The van der Waals surface area contributed by atoms with Crippen molar-refractivity contribution in [2.75, 3.05) is 4.90 Å². The molecule has 0 radical (unpaired) electrons. The summed E-state index contributed by atoms with van der Waals surface area (Å²) in [5, 5.41) is 7.93. The van der Waals surface area contributed by atoms with Gasteiger partial charge >= 0.3 is 0 Å². The third-order valence-corrected chi connectivity index (χ3v) is 16.8. The summed E-state index contributed by atoms with van der Waals surface area (Å²) in [6.45, 7) is 28.0. The molecule has 3 aliphatic rings. The fourth-order valence-corrected chi connectivity index (χ4v) is 13.0. The second-order valence-corrected chi connectivity index (χ2v) is 25.5. The zero-order chi connectivity index (χ0) is 49.7. The van der Waals surface area contributed by atoms with Crippen molar-refractivity contribution in [1.82, 2.24) is 9.13 Å². The largest absolute Gasteiger partial charge is 0.311 e. The van der Waals surface area contributed by atoms with Crippen molar-refractivity contribution in [3.05, 3.63) is 180 Å². The molecular formula is C68H62BN3. The molecule has 11 aromatic rings. The number of hydrogen-bond acceptors (Lipinski definition) is 1. The van der Waals surface area contributed by atoms with Crippen LogP contribution in [0.3, 0.4) is 0 Å². The molecule has 0 bridgehead atoms. The zero-order valence-electron chi connectivity index (χ0n) is 43.9. The van der Waals surface area contributed by atoms with Gasteiger partial charge in [-0.3, -0.25) is 0 Å². The Morgan fingerprint density at radius 2 is 0.889 bits per heavy atom. The fourth-order valence-electron chi connectivity index (χ4n) is 13.0. The highest BCUT2D eigenvalue weighted by Crippen LogP contribution is 2.52. The van der Waals surface area contributed by atoms with Gasteiger partial charge in [0.15, 0.2) is 0 Å². The molecule has 4 heterocycles. The smallest absolute Gasteiger partial charge is 0.252 e.